The third kappa shape index (κ3) is 3.33. The number of esters is 1. The summed E-state index contributed by atoms with van der Waals surface area (Å²) in [7, 11) is 0. The first-order chi connectivity index (χ1) is 15.3. The molecule has 1 saturated heterocycles. The van der Waals surface area contributed by atoms with Crippen LogP contribution in [0.15, 0.2) is 12.2 Å². The number of fused-ring (bicyclic) bond motifs is 6. The molecule has 2 fully saturated rings. The molecule has 4 unspecified atom stereocenters. The Morgan fingerprint density at radius 1 is 1.09 bits per heavy atom. The van der Waals surface area contributed by atoms with Gasteiger partial charge < -0.3 is 15.8 Å². The first kappa shape index (κ1) is 20.9. The molecule has 3 N–H and O–H groups in total. The van der Waals surface area contributed by atoms with Crippen molar-refractivity contribution in [2.24, 2.45) is 29.4 Å². The zero-order chi connectivity index (χ0) is 22.6. The van der Waals surface area contributed by atoms with E-state index in [-0.39, 0.29) is 35.5 Å². The molecule has 4 amide bonds. The molecule has 1 aromatic heterocycles. The minimum Gasteiger partial charge on any atom is -0.454 e. The van der Waals surface area contributed by atoms with Crippen molar-refractivity contribution in [2.45, 2.75) is 32.1 Å². The van der Waals surface area contributed by atoms with Gasteiger partial charge in [-0.15, -0.1) is 11.3 Å². The van der Waals surface area contributed by atoms with Crippen LogP contribution < -0.4 is 11.1 Å². The van der Waals surface area contributed by atoms with Crippen molar-refractivity contribution in [1.29, 1.82) is 0 Å². The molecule has 5 rings (SSSR count). The number of anilines is 1. The second kappa shape index (κ2) is 7.84. The van der Waals surface area contributed by atoms with Crippen molar-refractivity contribution >= 4 is 45.9 Å². The van der Waals surface area contributed by atoms with Gasteiger partial charge in [0.15, 0.2) is 6.61 Å². The smallest absolute Gasteiger partial charge is 0.326 e. The number of imide groups is 1. The molecule has 1 saturated carbocycles. The highest BCUT2D eigenvalue weighted by Crippen LogP contribution is 2.52. The van der Waals surface area contributed by atoms with E-state index in [9.17, 15) is 24.0 Å². The Morgan fingerprint density at radius 3 is 2.41 bits per heavy atom. The van der Waals surface area contributed by atoms with Gasteiger partial charge in [-0.2, -0.15) is 0 Å². The van der Waals surface area contributed by atoms with Crippen LogP contribution in [-0.4, -0.2) is 47.6 Å². The molecule has 2 heterocycles. The Balaban J connectivity index is 1.17. The lowest BCUT2D eigenvalue weighted by Crippen LogP contribution is -2.38. The summed E-state index contributed by atoms with van der Waals surface area (Å²) in [5.74, 6) is -3.37. The van der Waals surface area contributed by atoms with E-state index in [0.717, 1.165) is 47.4 Å². The lowest BCUT2D eigenvalue weighted by Gasteiger charge is -2.16. The zero-order valence-electron chi connectivity index (χ0n) is 17.3. The molecule has 1 aliphatic heterocycles. The number of nitrogens with one attached hydrogen (secondary N) is 1. The lowest BCUT2D eigenvalue weighted by atomic mass is 9.85. The Kier molecular flexibility index (Phi) is 5.11. The quantitative estimate of drug-likeness (QED) is 0.372. The van der Waals surface area contributed by atoms with E-state index >= 15 is 0 Å². The summed E-state index contributed by atoms with van der Waals surface area (Å²) in [6.07, 6.45) is 8.32. The fourth-order valence-corrected chi connectivity index (χ4v) is 6.83. The summed E-state index contributed by atoms with van der Waals surface area (Å²) in [5.41, 5.74) is 6.73. The number of allylic oxidation sites excluding steroid dienone is 2. The third-order valence-corrected chi connectivity index (χ3v) is 8.09. The van der Waals surface area contributed by atoms with Gasteiger partial charge in [0.05, 0.1) is 17.4 Å². The highest BCUT2D eigenvalue weighted by atomic mass is 32.1. The molecule has 0 spiro atoms. The van der Waals surface area contributed by atoms with Crippen LogP contribution >= 0.6 is 11.3 Å². The number of hydrogen-bond acceptors (Lipinski definition) is 7. The number of hydrogen-bond donors (Lipinski definition) is 2. The fourth-order valence-electron chi connectivity index (χ4n) is 5.52. The van der Waals surface area contributed by atoms with Crippen LogP contribution in [0.25, 0.3) is 0 Å². The topological polar surface area (TPSA) is 136 Å². The summed E-state index contributed by atoms with van der Waals surface area (Å²) in [4.78, 5) is 63.8. The number of ether oxygens (including phenoxy) is 1. The van der Waals surface area contributed by atoms with E-state index in [1.807, 2.05) is 12.2 Å². The van der Waals surface area contributed by atoms with Crippen LogP contribution in [0, 0.1) is 23.7 Å². The predicted octanol–water partition coefficient (Wildman–Crippen LogP) is 1.01. The van der Waals surface area contributed by atoms with Crippen LogP contribution in [0.2, 0.25) is 0 Å². The van der Waals surface area contributed by atoms with E-state index in [2.05, 4.69) is 5.32 Å². The highest BCUT2D eigenvalue weighted by molar-refractivity contribution is 7.17. The maximum absolute atomic E-state index is 12.6. The molecule has 10 heteroatoms. The molecule has 9 nitrogen and oxygen atoms in total. The molecule has 32 heavy (non-hydrogen) atoms. The van der Waals surface area contributed by atoms with Crippen LogP contribution in [0.4, 0.5) is 5.00 Å². The van der Waals surface area contributed by atoms with E-state index in [1.54, 1.807) is 0 Å². The van der Waals surface area contributed by atoms with Crippen LogP contribution in [0.3, 0.4) is 0 Å². The number of amides is 4. The fraction of sp³-hybridized carbons (Fsp3) is 0.500. The second-order valence-corrected chi connectivity index (χ2v) is 9.86. The Morgan fingerprint density at radius 2 is 1.75 bits per heavy atom. The van der Waals surface area contributed by atoms with Crippen molar-refractivity contribution in [3.05, 3.63) is 28.2 Å². The Bertz CT molecular complexity index is 1050. The van der Waals surface area contributed by atoms with E-state index < -0.39 is 30.9 Å². The van der Waals surface area contributed by atoms with Crippen LogP contribution in [0.5, 0.6) is 0 Å². The standard InChI is InChI=1S/C22H23N3O6S/c23-19(28)18-12-3-1-2-4-13(12)32-20(18)24-14(26)9-31-15(27)8-25-21(29)16-10-5-6-11(7-10)17(16)22(25)30/h5-6,10-11,16-17H,1-4,7-9H2,(H2,23,28)(H,24,26). The minimum atomic E-state index is -0.831. The number of thiophene rings is 1. The van der Waals surface area contributed by atoms with Gasteiger partial charge in [-0.05, 0) is 49.5 Å². The van der Waals surface area contributed by atoms with Crippen molar-refractivity contribution in [1.82, 2.24) is 4.90 Å². The molecule has 0 aromatic carbocycles. The van der Waals surface area contributed by atoms with E-state index in [0.29, 0.717) is 10.6 Å². The zero-order valence-corrected chi connectivity index (χ0v) is 18.1. The molecular weight excluding hydrogens is 434 g/mol. The largest absolute Gasteiger partial charge is 0.454 e. The van der Waals surface area contributed by atoms with E-state index in [1.165, 1.54) is 11.3 Å². The molecule has 4 aliphatic rings. The third-order valence-electron chi connectivity index (χ3n) is 6.88. The van der Waals surface area contributed by atoms with Gasteiger partial charge in [-0.25, -0.2) is 0 Å². The number of primary amides is 1. The number of carbonyl (C=O) groups excluding carboxylic acids is 5. The number of likely N-dealkylation sites (tertiary alicyclic amines) is 1. The van der Waals surface area contributed by atoms with Crippen molar-refractivity contribution < 1.29 is 28.7 Å². The minimum absolute atomic E-state index is 0.0596. The summed E-state index contributed by atoms with van der Waals surface area (Å²) < 4.78 is 5.00. The van der Waals surface area contributed by atoms with Crippen molar-refractivity contribution in [3.63, 3.8) is 0 Å². The summed E-state index contributed by atoms with van der Waals surface area (Å²) in [6, 6.07) is 0. The monoisotopic (exact) mass is 457 g/mol. The molecule has 3 aliphatic carbocycles. The normalized spacial score (nSPS) is 27.4. The number of aryl methyl sites for hydroxylation is 1. The Labute approximate surface area is 187 Å². The summed E-state index contributed by atoms with van der Waals surface area (Å²) in [6.45, 7) is -1.09. The molecule has 2 bridgehead atoms. The summed E-state index contributed by atoms with van der Waals surface area (Å²) >= 11 is 1.32. The van der Waals surface area contributed by atoms with Crippen LogP contribution in [0.1, 0.15) is 40.1 Å². The molecular formula is C22H23N3O6S. The Hall–Kier alpha value is -3.01. The van der Waals surface area contributed by atoms with Crippen molar-refractivity contribution in [3.8, 4) is 0 Å². The molecule has 1 aromatic rings. The number of nitrogens with zero attached hydrogens (tertiary/aromatic N) is 1. The number of nitrogens with two attached hydrogens (primary N) is 1. The second-order valence-electron chi connectivity index (χ2n) is 8.75. The van der Waals surface area contributed by atoms with Crippen molar-refractivity contribution in [2.75, 3.05) is 18.5 Å². The van der Waals surface area contributed by atoms with Crippen LogP contribution in [-0.2, 0) is 36.8 Å². The average molecular weight is 458 g/mol. The van der Waals surface area contributed by atoms with Gasteiger partial charge in [0, 0.05) is 4.88 Å². The molecule has 0 radical (unpaired) electrons. The number of rotatable bonds is 6. The SMILES string of the molecule is NC(=O)c1c(NC(=O)COC(=O)CN2C(=O)C3C4C=CC(C4)C3C2=O)sc2c1CCCC2. The van der Waals surface area contributed by atoms with E-state index in [4.69, 9.17) is 10.5 Å². The first-order valence-electron chi connectivity index (χ1n) is 10.8. The molecule has 168 valence electrons. The van der Waals surface area contributed by atoms with Gasteiger partial charge >= 0.3 is 5.97 Å². The number of carbonyl (C=O) groups is 5. The van der Waals surface area contributed by atoms with Gasteiger partial charge in [0.25, 0.3) is 11.8 Å². The lowest BCUT2D eigenvalue weighted by molar-refractivity contribution is -0.154. The van der Waals surface area contributed by atoms with Gasteiger partial charge in [0.1, 0.15) is 11.5 Å². The van der Waals surface area contributed by atoms with Gasteiger partial charge in [-0.3, -0.25) is 28.9 Å². The first-order valence-corrected chi connectivity index (χ1v) is 11.6. The van der Waals surface area contributed by atoms with Gasteiger partial charge in [0.2, 0.25) is 11.8 Å². The summed E-state index contributed by atoms with van der Waals surface area (Å²) in [5, 5.41) is 2.98. The maximum Gasteiger partial charge on any atom is 0.326 e. The van der Waals surface area contributed by atoms with Gasteiger partial charge in [-0.1, -0.05) is 12.2 Å². The average Bonchev–Trinajstić information content (AvgIpc) is 3.50. The maximum atomic E-state index is 12.6. The highest BCUT2D eigenvalue weighted by Gasteiger charge is 2.59. The molecule has 4 atom stereocenters. The predicted molar refractivity (Wildman–Crippen MR) is 114 cm³/mol.